The molecule has 35 heavy (non-hydrogen) atoms. The number of pyridine rings is 1. The molecule has 7 heteroatoms. The van der Waals surface area contributed by atoms with Crippen molar-refractivity contribution in [2.75, 3.05) is 13.1 Å². The second-order valence-corrected chi connectivity index (χ2v) is 8.20. The van der Waals surface area contributed by atoms with Gasteiger partial charge in [-0.1, -0.05) is 24.8 Å². The fraction of sp³-hybridized carbons (Fsp3) is 0.179. The first-order valence-electron chi connectivity index (χ1n) is 11.4. The van der Waals surface area contributed by atoms with E-state index in [2.05, 4.69) is 28.7 Å². The Labute approximate surface area is 203 Å². The van der Waals surface area contributed by atoms with Crippen molar-refractivity contribution in [2.24, 2.45) is 10.7 Å². The summed E-state index contributed by atoms with van der Waals surface area (Å²) in [6, 6.07) is 13.8. The molecule has 2 aromatic carbocycles. The number of hydrogen-bond donors (Lipinski definition) is 1. The molecule has 6 nitrogen and oxygen atoms in total. The van der Waals surface area contributed by atoms with Crippen molar-refractivity contribution in [2.45, 2.75) is 19.3 Å². The predicted octanol–water partition coefficient (Wildman–Crippen LogP) is 3.71. The normalized spacial score (nSPS) is 16.7. The van der Waals surface area contributed by atoms with E-state index in [-0.39, 0.29) is 17.6 Å². The summed E-state index contributed by atoms with van der Waals surface area (Å²) in [4.78, 5) is 22.5. The number of nitrogens with zero attached hydrogens (tertiary/aromatic N) is 3. The van der Waals surface area contributed by atoms with E-state index in [0.29, 0.717) is 24.7 Å². The van der Waals surface area contributed by atoms with Gasteiger partial charge in [0.1, 0.15) is 11.6 Å². The number of hydrogen-bond acceptors (Lipinski definition) is 4. The van der Waals surface area contributed by atoms with Gasteiger partial charge in [-0.25, -0.2) is 14.4 Å². The molecular formula is C28H27FN4O2. The van der Waals surface area contributed by atoms with Crippen LogP contribution in [0.25, 0.3) is 23.4 Å². The average Bonchev–Trinajstić information content (AvgIpc) is 3.37. The molecule has 2 N–H and O–H groups in total. The number of likely N-dealkylation sites (tertiary alicyclic amines) is 1. The molecule has 0 bridgehead atoms. The topological polar surface area (TPSA) is 80.8 Å². The number of aromatic nitrogens is 1. The van der Waals surface area contributed by atoms with Gasteiger partial charge in [-0.15, -0.1) is 0 Å². The highest BCUT2D eigenvalue weighted by Gasteiger charge is 2.27. The van der Waals surface area contributed by atoms with E-state index in [0.717, 1.165) is 33.5 Å². The highest BCUT2D eigenvalue weighted by molar-refractivity contribution is 5.87. The van der Waals surface area contributed by atoms with Crippen LogP contribution in [0.4, 0.5) is 4.39 Å². The zero-order valence-corrected chi connectivity index (χ0v) is 19.5. The minimum absolute atomic E-state index is 0.0525. The zero-order valence-electron chi connectivity index (χ0n) is 19.5. The lowest BCUT2D eigenvalue weighted by atomic mass is 9.91. The van der Waals surface area contributed by atoms with Gasteiger partial charge >= 0.3 is 0 Å². The third-order valence-electron chi connectivity index (χ3n) is 6.03. The number of benzene rings is 2. The van der Waals surface area contributed by atoms with Crippen LogP contribution in [-0.4, -0.2) is 35.2 Å². The van der Waals surface area contributed by atoms with Crippen molar-refractivity contribution >= 4 is 24.5 Å². The van der Waals surface area contributed by atoms with Gasteiger partial charge in [0.15, 0.2) is 0 Å². The average molecular weight is 471 g/mol. The largest absolute Gasteiger partial charge is 0.439 e. The van der Waals surface area contributed by atoms with Crippen molar-refractivity contribution in [3.63, 3.8) is 0 Å². The number of carbonyl (C=O) groups excluding carboxylic acids is 1. The van der Waals surface area contributed by atoms with E-state index in [1.807, 2.05) is 24.0 Å². The third kappa shape index (κ3) is 5.46. The molecule has 1 aromatic heterocycles. The number of nitrogens with two attached hydrogens (primary N) is 1. The van der Waals surface area contributed by atoms with Crippen LogP contribution in [0, 0.1) is 5.82 Å². The second kappa shape index (κ2) is 10.8. The molecule has 0 radical (unpaired) electrons. The van der Waals surface area contributed by atoms with E-state index in [1.165, 1.54) is 24.5 Å². The van der Waals surface area contributed by atoms with Gasteiger partial charge in [0.25, 0.3) is 0 Å². The molecule has 1 aliphatic heterocycles. The van der Waals surface area contributed by atoms with E-state index in [4.69, 9.17) is 10.5 Å². The standard InChI is InChI=1S/C28H27FN4O2/c1-3-25-22(15-31-18-30)12-21(13-26(25)20-10-11-33(17-20)28(34)4-2)19-8-9-27(32-16-19)35-24-7-5-6-23(29)14-24/h3-9,12-16,18,20H,2,10-11,17H2,1H3,(H2,30,31)/b22-15-,25-3+. The summed E-state index contributed by atoms with van der Waals surface area (Å²) < 4.78 is 19.1. The third-order valence-corrected chi connectivity index (χ3v) is 6.03. The number of halogens is 1. The molecule has 178 valence electrons. The van der Waals surface area contributed by atoms with E-state index in [9.17, 15) is 9.18 Å². The van der Waals surface area contributed by atoms with Crippen LogP contribution in [0.2, 0.25) is 0 Å². The summed E-state index contributed by atoms with van der Waals surface area (Å²) in [7, 11) is 0. The maximum Gasteiger partial charge on any atom is 0.245 e. The summed E-state index contributed by atoms with van der Waals surface area (Å²) in [6.07, 6.45) is 9.00. The molecule has 1 unspecified atom stereocenters. The summed E-state index contributed by atoms with van der Waals surface area (Å²) in [6.45, 7) is 6.92. The minimum Gasteiger partial charge on any atom is -0.439 e. The Morgan fingerprint density at radius 1 is 1.26 bits per heavy atom. The number of carbonyl (C=O) groups is 1. The minimum atomic E-state index is -0.372. The van der Waals surface area contributed by atoms with Gasteiger partial charge in [-0.05, 0) is 60.0 Å². The van der Waals surface area contributed by atoms with Crippen molar-refractivity contribution in [3.8, 4) is 22.8 Å². The van der Waals surface area contributed by atoms with Gasteiger partial charge < -0.3 is 15.4 Å². The number of rotatable bonds is 6. The lowest BCUT2D eigenvalue weighted by Gasteiger charge is -2.16. The first-order valence-corrected chi connectivity index (χ1v) is 11.4. The highest BCUT2D eigenvalue weighted by atomic mass is 19.1. The number of amides is 1. The molecule has 0 aliphatic carbocycles. The molecule has 0 spiro atoms. The molecule has 1 amide bonds. The Hall–Kier alpha value is -4.26. The van der Waals surface area contributed by atoms with Gasteiger partial charge in [-0.3, -0.25) is 4.79 Å². The van der Waals surface area contributed by atoms with E-state index < -0.39 is 0 Å². The maximum atomic E-state index is 13.4. The van der Waals surface area contributed by atoms with Gasteiger partial charge in [0.2, 0.25) is 11.8 Å². The Kier molecular flexibility index (Phi) is 7.35. The second-order valence-electron chi connectivity index (χ2n) is 8.20. The quantitative estimate of drug-likeness (QED) is 0.338. The number of ether oxygens (including phenoxy) is 1. The lowest BCUT2D eigenvalue weighted by Crippen LogP contribution is -2.32. The van der Waals surface area contributed by atoms with Crippen LogP contribution < -0.4 is 20.9 Å². The molecule has 2 heterocycles. The molecular weight excluding hydrogens is 443 g/mol. The molecule has 1 aliphatic rings. The predicted molar refractivity (Wildman–Crippen MR) is 137 cm³/mol. The van der Waals surface area contributed by atoms with Gasteiger partial charge in [0, 0.05) is 54.3 Å². The molecule has 1 atom stereocenters. The van der Waals surface area contributed by atoms with Crippen molar-refractivity contribution < 1.29 is 13.9 Å². The monoisotopic (exact) mass is 470 g/mol. The molecule has 1 fully saturated rings. The summed E-state index contributed by atoms with van der Waals surface area (Å²) >= 11 is 0. The Morgan fingerprint density at radius 3 is 2.80 bits per heavy atom. The Morgan fingerprint density at radius 2 is 2.11 bits per heavy atom. The molecule has 1 saturated heterocycles. The maximum absolute atomic E-state index is 13.4. The Bertz CT molecular complexity index is 1380. The zero-order chi connectivity index (χ0) is 24.8. The van der Waals surface area contributed by atoms with Crippen LogP contribution in [0.15, 0.2) is 72.4 Å². The smallest absolute Gasteiger partial charge is 0.245 e. The van der Waals surface area contributed by atoms with Crippen LogP contribution in [0.1, 0.15) is 24.8 Å². The van der Waals surface area contributed by atoms with Crippen LogP contribution in [0.5, 0.6) is 11.6 Å². The highest BCUT2D eigenvalue weighted by Crippen LogP contribution is 2.29. The lowest BCUT2D eigenvalue weighted by molar-refractivity contribution is -0.125. The van der Waals surface area contributed by atoms with E-state index >= 15 is 0 Å². The van der Waals surface area contributed by atoms with Crippen molar-refractivity contribution in [1.82, 2.24) is 9.88 Å². The first-order chi connectivity index (χ1) is 17.0. The Balaban J connectivity index is 1.71. The summed E-state index contributed by atoms with van der Waals surface area (Å²) in [5.74, 6) is 0.508. The van der Waals surface area contributed by atoms with Crippen LogP contribution in [0.3, 0.4) is 0 Å². The fourth-order valence-electron chi connectivity index (χ4n) is 4.37. The first kappa shape index (κ1) is 23.9. The number of aliphatic imine (C=N–C) groups is 1. The van der Waals surface area contributed by atoms with Gasteiger partial charge in [-0.2, -0.15) is 0 Å². The SMILES string of the molecule is C=CC(=O)N1CCC(c2cc(-c3ccc(Oc4cccc(F)c4)nc3)cc(=C/N=CN)/c2=C\C)C1. The molecule has 4 rings (SSSR count). The summed E-state index contributed by atoms with van der Waals surface area (Å²) in [5, 5.41) is 1.99. The molecule has 0 saturated carbocycles. The van der Waals surface area contributed by atoms with Crippen LogP contribution in [-0.2, 0) is 4.79 Å². The summed E-state index contributed by atoms with van der Waals surface area (Å²) in [5.41, 5.74) is 8.49. The van der Waals surface area contributed by atoms with Crippen molar-refractivity contribution in [1.29, 1.82) is 0 Å². The van der Waals surface area contributed by atoms with E-state index in [1.54, 1.807) is 30.6 Å². The van der Waals surface area contributed by atoms with Crippen LogP contribution >= 0.6 is 0 Å². The van der Waals surface area contributed by atoms with Gasteiger partial charge in [0.05, 0.1) is 6.34 Å². The fourth-order valence-corrected chi connectivity index (χ4v) is 4.37. The molecule has 3 aromatic rings. The van der Waals surface area contributed by atoms with Crippen molar-refractivity contribution in [3.05, 3.63) is 89.2 Å².